The molecule has 1 saturated carbocycles. The van der Waals surface area contributed by atoms with Crippen molar-refractivity contribution in [3.63, 3.8) is 0 Å². The van der Waals surface area contributed by atoms with Gasteiger partial charge in [0.25, 0.3) is 0 Å². The second-order valence-corrected chi connectivity index (χ2v) is 4.89. The Morgan fingerprint density at radius 1 is 1.59 bits per heavy atom. The summed E-state index contributed by atoms with van der Waals surface area (Å²) in [7, 11) is 0. The number of rotatable bonds is 5. The number of nitriles is 1. The average Bonchev–Trinajstić information content (AvgIpc) is 3.12. The molecule has 90 valence electrons. The number of nitrogens with one attached hydrogen (secondary N) is 1. The van der Waals surface area contributed by atoms with Crippen molar-refractivity contribution < 1.29 is 0 Å². The molecule has 1 N–H and O–H groups in total. The zero-order chi connectivity index (χ0) is 12.3. The molecule has 0 saturated heterocycles. The number of nitrogens with zero attached hydrogens (tertiary/aromatic N) is 2. The van der Waals surface area contributed by atoms with Crippen LogP contribution >= 0.6 is 0 Å². The highest BCUT2D eigenvalue weighted by atomic mass is 15.0. The van der Waals surface area contributed by atoms with Gasteiger partial charge in [-0.05, 0) is 37.3 Å². The normalized spacial score (nSPS) is 16.3. The highest BCUT2D eigenvalue weighted by molar-refractivity contribution is 5.55. The van der Waals surface area contributed by atoms with Crippen molar-refractivity contribution in [3.8, 4) is 6.07 Å². The van der Waals surface area contributed by atoms with E-state index in [1.54, 1.807) is 6.20 Å². The number of aryl methyl sites for hydroxylation is 1. The zero-order valence-electron chi connectivity index (χ0n) is 10.5. The third kappa shape index (κ3) is 2.97. The molecule has 1 aliphatic rings. The Labute approximate surface area is 103 Å². The van der Waals surface area contributed by atoms with E-state index < -0.39 is 0 Å². The molecule has 1 aromatic heterocycles. The van der Waals surface area contributed by atoms with Crippen molar-refractivity contribution in [1.82, 2.24) is 4.98 Å². The molecule has 2 rings (SSSR count). The van der Waals surface area contributed by atoms with Crippen molar-refractivity contribution in [2.75, 3.05) is 5.32 Å². The van der Waals surface area contributed by atoms with Crippen LogP contribution in [0.1, 0.15) is 43.7 Å². The molecule has 0 aliphatic heterocycles. The molecule has 1 unspecified atom stereocenters. The topological polar surface area (TPSA) is 48.7 Å². The van der Waals surface area contributed by atoms with Gasteiger partial charge in [-0.2, -0.15) is 5.26 Å². The van der Waals surface area contributed by atoms with Crippen molar-refractivity contribution in [2.45, 2.75) is 45.6 Å². The Bertz CT molecular complexity index is 430. The molecule has 1 aromatic rings. The predicted octanol–water partition coefficient (Wildman–Crippen LogP) is 3.25. The highest BCUT2D eigenvalue weighted by Gasteiger charge is 2.25. The summed E-state index contributed by atoms with van der Waals surface area (Å²) in [5.41, 5.74) is 1.67. The lowest BCUT2D eigenvalue weighted by atomic mass is 10.1. The van der Waals surface area contributed by atoms with Crippen LogP contribution in [0.3, 0.4) is 0 Å². The largest absolute Gasteiger partial charge is 0.366 e. The maximum Gasteiger partial charge on any atom is 0.144 e. The third-order valence-corrected chi connectivity index (χ3v) is 3.42. The lowest BCUT2D eigenvalue weighted by Gasteiger charge is -2.18. The van der Waals surface area contributed by atoms with Gasteiger partial charge in [-0.1, -0.05) is 19.8 Å². The first-order valence-corrected chi connectivity index (χ1v) is 6.36. The zero-order valence-corrected chi connectivity index (χ0v) is 10.5. The number of aromatic nitrogens is 1. The van der Waals surface area contributed by atoms with Crippen LogP contribution in [0.15, 0.2) is 12.3 Å². The van der Waals surface area contributed by atoms with Crippen LogP contribution in [-0.2, 0) is 0 Å². The Balaban J connectivity index is 2.10. The van der Waals surface area contributed by atoms with E-state index in [9.17, 15) is 0 Å². The molecular weight excluding hydrogens is 210 g/mol. The van der Waals surface area contributed by atoms with Gasteiger partial charge in [0, 0.05) is 12.2 Å². The summed E-state index contributed by atoms with van der Waals surface area (Å²) >= 11 is 0. The van der Waals surface area contributed by atoms with Gasteiger partial charge >= 0.3 is 0 Å². The summed E-state index contributed by atoms with van der Waals surface area (Å²) in [6.07, 6.45) is 6.78. The Kier molecular flexibility index (Phi) is 3.63. The molecular formula is C14H19N3. The fourth-order valence-electron chi connectivity index (χ4n) is 2.09. The fourth-order valence-corrected chi connectivity index (χ4v) is 2.09. The maximum absolute atomic E-state index is 9.15. The smallest absolute Gasteiger partial charge is 0.144 e. The number of hydrogen-bond donors (Lipinski definition) is 1. The van der Waals surface area contributed by atoms with E-state index >= 15 is 0 Å². The van der Waals surface area contributed by atoms with Crippen LogP contribution in [-0.4, -0.2) is 11.0 Å². The van der Waals surface area contributed by atoms with Crippen LogP contribution in [0.2, 0.25) is 0 Å². The molecule has 1 fully saturated rings. The van der Waals surface area contributed by atoms with E-state index in [0.29, 0.717) is 11.6 Å². The van der Waals surface area contributed by atoms with Crippen molar-refractivity contribution >= 4 is 5.82 Å². The van der Waals surface area contributed by atoms with Gasteiger partial charge in [-0.15, -0.1) is 0 Å². The molecule has 0 bridgehead atoms. The second-order valence-electron chi connectivity index (χ2n) is 4.89. The van der Waals surface area contributed by atoms with Crippen molar-refractivity contribution in [1.29, 1.82) is 5.26 Å². The maximum atomic E-state index is 9.15. The highest BCUT2D eigenvalue weighted by Crippen LogP contribution is 2.34. The van der Waals surface area contributed by atoms with E-state index in [0.717, 1.165) is 23.7 Å². The first-order valence-electron chi connectivity index (χ1n) is 6.36. The summed E-state index contributed by atoms with van der Waals surface area (Å²) in [5.74, 6) is 1.64. The van der Waals surface area contributed by atoms with Crippen LogP contribution in [0.5, 0.6) is 0 Å². The molecule has 0 spiro atoms. The SMILES string of the molecule is CCC(CC1CC1)Nc1nccc(C)c1C#N. The van der Waals surface area contributed by atoms with E-state index in [4.69, 9.17) is 5.26 Å². The lowest BCUT2D eigenvalue weighted by Crippen LogP contribution is -2.20. The molecule has 0 aromatic carbocycles. The van der Waals surface area contributed by atoms with E-state index in [1.165, 1.54) is 19.3 Å². The Hall–Kier alpha value is -1.56. The van der Waals surface area contributed by atoms with Crippen LogP contribution < -0.4 is 5.32 Å². The molecule has 1 aliphatic carbocycles. The molecule has 3 nitrogen and oxygen atoms in total. The summed E-state index contributed by atoms with van der Waals surface area (Å²) in [4.78, 5) is 4.29. The van der Waals surface area contributed by atoms with Gasteiger partial charge in [0.05, 0.1) is 5.56 Å². The molecule has 3 heteroatoms. The fraction of sp³-hybridized carbons (Fsp3) is 0.571. The predicted molar refractivity (Wildman–Crippen MR) is 68.7 cm³/mol. The number of hydrogen-bond acceptors (Lipinski definition) is 3. The summed E-state index contributed by atoms with van der Waals surface area (Å²) in [5, 5.41) is 12.6. The first-order chi connectivity index (χ1) is 8.24. The molecule has 1 heterocycles. The summed E-state index contributed by atoms with van der Waals surface area (Å²) < 4.78 is 0. The van der Waals surface area contributed by atoms with E-state index in [2.05, 4.69) is 23.3 Å². The average molecular weight is 229 g/mol. The van der Waals surface area contributed by atoms with Crippen molar-refractivity contribution in [3.05, 3.63) is 23.4 Å². The summed E-state index contributed by atoms with van der Waals surface area (Å²) in [6.45, 7) is 4.13. The van der Waals surface area contributed by atoms with Gasteiger partial charge in [0.1, 0.15) is 11.9 Å². The van der Waals surface area contributed by atoms with Gasteiger partial charge < -0.3 is 5.32 Å². The first kappa shape index (κ1) is 11.9. The van der Waals surface area contributed by atoms with Gasteiger partial charge in [0.15, 0.2) is 0 Å². The minimum absolute atomic E-state index is 0.448. The minimum atomic E-state index is 0.448. The van der Waals surface area contributed by atoms with Crippen molar-refractivity contribution in [2.24, 2.45) is 5.92 Å². The lowest BCUT2D eigenvalue weighted by molar-refractivity contribution is 0.585. The summed E-state index contributed by atoms with van der Waals surface area (Å²) in [6, 6.07) is 4.57. The molecule has 17 heavy (non-hydrogen) atoms. The standard InChI is InChI=1S/C14H19N3/c1-3-12(8-11-4-5-11)17-14-13(9-15)10(2)6-7-16-14/h6-7,11-12H,3-5,8H2,1-2H3,(H,16,17). The van der Waals surface area contributed by atoms with Gasteiger partial charge in [-0.3, -0.25) is 0 Å². The molecule has 0 amide bonds. The van der Waals surface area contributed by atoms with Crippen LogP contribution in [0, 0.1) is 24.2 Å². The van der Waals surface area contributed by atoms with Crippen LogP contribution in [0.25, 0.3) is 0 Å². The third-order valence-electron chi connectivity index (χ3n) is 3.42. The monoisotopic (exact) mass is 229 g/mol. The van der Waals surface area contributed by atoms with Gasteiger partial charge in [-0.25, -0.2) is 4.98 Å². The second kappa shape index (κ2) is 5.18. The van der Waals surface area contributed by atoms with Crippen LogP contribution in [0.4, 0.5) is 5.82 Å². The Morgan fingerprint density at radius 2 is 2.35 bits per heavy atom. The van der Waals surface area contributed by atoms with Gasteiger partial charge in [0.2, 0.25) is 0 Å². The number of anilines is 1. The van der Waals surface area contributed by atoms with E-state index in [-0.39, 0.29) is 0 Å². The number of pyridine rings is 1. The van der Waals surface area contributed by atoms with E-state index in [1.807, 2.05) is 13.0 Å². The Morgan fingerprint density at radius 3 is 2.94 bits per heavy atom. The molecule has 0 radical (unpaired) electrons. The quantitative estimate of drug-likeness (QED) is 0.843. The minimum Gasteiger partial charge on any atom is -0.366 e. The molecule has 1 atom stereocenters.